The largest absolute Gasteiger partial charge is 0.394 e. The van der Waals surface area contributed by atoms with Crippen molar-refractivity contribution in [2.24, 2.45) is 0 Å². The number of unbranched alkanes of at least 4 members (excludes halogenated alkanes) is 38. The Hall–Kier alpha value is -1.21. The molecular formula is C56H109NO5. The molecule has 0 fully saturated rings. The molecular weight excluding hydrogens is 767 g/mol. The monoisotopic (exact) mass is 876 g/mol. The van der Waals surface area contributed by atoms with E-state index in [4.69, 9.17) is 0 Å². The van der Waals surface area contributed by atoms with Crippen LogP contribution in [0.2, 0.25) is 0 Å². The van der Waals surface area contributed by atoms with Crippen molar-refractivity contribution >= 4 is 5.91 Å². The van der Waals surface area contributed by atoms with E-state index in [0.717, 1.165) is 44.9 Å². The topological polar surface area (TPSA) is 110 Å². The molecule has 0 bridgehead atoms. The highest BCUT2D eigenvalue weighted by atomic mass is 16.3. The Kier molecular flexibility index (Phi) is 49.8. The van der Waals surface area contributed by atoms with Crippen LogP contribution in [0.15, 0.2) is 24.3 Å². The van der Waals surface area contributed by atoms with Crippen LogP contribution in [0.5, 0.6) is 0 Å². The molecule has 0 aromatic carbocycles. The molecule has 62 heavy (non-hydrogen) atoms. The van der Waals surface area contributed by atoms with Crippen molar-refractivity contribution in [3.05, 3.63) is 24.3 Å². The van der Waals surface area contributed by atoms with Crippen molar-refractivity contribution in [3.8, 4) is 0 Å². The van der Waals surface area contributed by atoms with Crippen LogP contribution in [-0.4, -0.2) is 57.3 Å². The molecule has 368 valence electrons. The second-order valence-electron chi connectivity index (χ2n) is 19.3. The molecule has 0 aliphatic carbocycles. The summed E-state index contributed by atoms with van der Waals surface area (Å²) in [7, 11) is 0. The summed E-state index contributed by atoms with van der Waals surface area (Å²) in [6.45, 7) is 4.08. The molecule has 0 spiro atoms. The summed E-state index contributed by atoms with van der Waals surface area (Å²) in [5, 5.41) is 44.0. The predicted octanol–water partition coefficient (Wildman–Crippen LogP) is 15.9. The van der Waals surface area contributed by atoms with Crippen LogP contribution in [0.3, 0.4) is 0 Å². The van der Waals surface area contributed by atoms with Crippen molar-refractivity contribution in [2.45, 2.75) is 321 Å². The van der Waals surface area contributed by atoms with Gasteiger partial charge in [-0.05, 0) is 44.9 Å². The lowest BCUT2D eigenvalue weighted by molar-refractivity contribution is -0.132. The van der Waals surface area contributed by atoms with Crippen LogP contribution < -0.4 is 5.32 Å². The fourth-order valence-electron chi connectivity index (χ4n) is 8.79. The van der Waals surface area contributed by atoms with Gasteiger partial charge in [-0.2, -0.15) is 0 Å². The molecule has 0 radical (unpaired) electrons. The van der Waals surface area contributed by atoms with Crippen molar-refractivity contribution in [1.82, 2.24) is 5.32 Å². The molecule has 6 heteroatoms. The van der Waals surface area contributed by atoms with Gasteiger partial charge >= 0.3 is 0 Å². The molecule has 0 aromatic rings. The smallest absolute Gasteiger partial charge is 0.249 e. The average Bonchev–Trinajstić information content (AvgIpc) is 3.28. The number of aliphatic hydroxyl groups excluding tert-OH is 4. The van der Waals surface area contributed by atoms with Crippen LogP contribution >= 0.6 is 0 Å². The van der Waals surface area contributed by atoms with Gasteiger partial charge in [0.1, 0.15) is 12.2 Å². The Morgan fingerprint density at radius 2 is 0.694 bits per heavy atom. The molecule has 0 aliphatic rings. The Labute approximate surface area is 386 Å². The standard InChI is InChI=1S/C56H109NO5/c1-3-5-7-9-11-13-15-17-19-21-23-24-25-26-27-28-29-30-31-32-34-36-38-40-42-44-46-48-50-54(60)56(62)57-52(51-58)55(61)53(59)49-47-45-43-41-39-37-35-33-22-20-18-16-14-12-10-8-6-4-2/h23-24,26-27,52-55,58-61H,3-22,25,28-51H2,1-2H3,(H,57,62)/b24-23-,27-26-. The van der Waals surface area contributed by atoms with Gasteiger partial charge in [-0.25, -0.2) is 0 Å². The van der Waals surface area contributed by atoms with Crippen molar-refractivity contribution < 1.29 is 25.2 Å². The SMILES string of the molecule is CCCCCCCCCCC/C=C\C/C=C\CCCCCCCCCCCCCCC(O)C(=O)NC(CO)C(O)C(O)CCCCCCCCCCCCCCCCCCCC. The second kappa shape index (κ2) is 50.8. The van der Waals surface area contributed by atoms with E-state index in [0.29, 0.717) is 12.8 Å². The average molecular weight is 876 g/mol. The summed E-state index contributed by atoms with van der Waals surface area (Å²) in [4.78, 5) is 12.6. The van der Waals surface area contributed by atoms with E-state index in [1.807, 2.05) is 0 Å². The summed E-state index contributed by atoms with van der Waals surface area (Å²) in [6.07, 6.45) is 60.9. The number of allylic oxidation sites excluding steroid dienone is 4. The van der Waals surface area contributed by atoms with E-state index in [1.165, 1.54) is 225 Å². The Morgan fingerprint density at radius 3 is 1.02 bits per heavy atom. The zero-order valence-corrected chi connectivity index (χ0v) is 41.6. The lowest BCUT2D eigenvalue weighted by Crippen LogP contribution is -2.53. The maximum Gasteiger partial charge on any atom is 0.249 e. The van der Waals surface area contributed by atoms with Gasteiger partial charge in [-0.3, -0.25) is 4.79 Å². The van der Waals surface area contributed by atoms with Gasteiger partial charge in [-0.1, -0.05) is 276 Å². The molecule has 0 aliphatic heterocycles. The van der Waals surface area contributed by atoms with Crippen LogP contribution in [0.4, 0.5) is 0 Å². The van der Waals surface area contributed by atoms with Gasteiger partial charge in [0.15, 0.2) is 0 Å². The van der Waals surface area contributed by atoms with Crippen molar-refractivity contribution in [3.63, 3.8) is 0 Å². The molecule has 1 amide bonds. The van der Waals surface area contributed by atoms with E-state index in [9.17, 15) is 25.2 Å². The van der Waals surface area contributed by atoms with Gasteiger partial charge in [0.25, 0.3) is 0 Å². The third-order valence-electron chi connectivity index (χ3n) is 13.2. The lowest BCUT2D eigenvalue weighted by Gasteiger charge is -2.27. The molecule has 6 nitrogen and oxygen atoms in total. The molecule has 5 N–H and O–H groups in total. The Balaban J connectivity index is 3.62. The number of rotatable bonds is 51. The van der Waals surface area contributed by atoms with Gasteiger partial charge < -0.3 is 25.7 Å². The zero-order chi connectivity index (χ0) is 45.2. The maximum atomic E-state index is 12.6. The van der Waals surface area contributed by atoms with Gasteiger partial charge in [-0.15, -0.1) is 0 Å². The van der Waals surface area contributed by atoms with Gasteiger partial charge in [0.2, 0.25) is 5.91 Å². The molecule has 4 atom stereocenters. The minimum Gasteiger partial charge on any atom is -0.394 e. The number of amides is 1. The lowest BCUT2D eigenvalue weighted by atomic mass is 9.99. The number of hydrogen-bond acceptors (Lipinski definition) is 5. The molecule has 0 heterocycles. The second-order valence-corrected chi connectivity index (χ2v) is 19.3. The summed E-state index contributed by atoms with van der Waals surface area (Å²) in [6, 6.07) is -0.985. The highest BCUT2D eigenvalue weighted by Gasteiger charge is 2.28. The van der Waals surface area contributed by atoms with Gasteiger partial charge in [0.05, 0.1) is 18.8 Å². The van der Waals surface area contributed by atoms with E-state index < -0.39 is 36.9 Å². The van der Waals surface area contributed by atoms with Crippen molar-refractivity contribution in [2.75, 3.05) is 6.61 Å². The molecule has 4 unspecified atom stereocenters. The van der Waals surface area contributed by atoms with Gasteiger partial charge in [0, 0.05) is 0 Å². The highest BCUT2D eigenvalue weighted by molar-refractivity contribution is 5.80. The van der Waals surface area contributed by atoms with Crippen molar-refractivity contribution in [1.29, 1.82) is 0 Å². The zero-order valence-electron chi connectivity index (χ0n) is 41.6. The van der Waals surface area contributed by atoms with Crippen LogP contribution in [0.1, 0.15) is 296 Å². The highest BCUT2D eigenvalue weighted by Crippen LogP contribution is 2.18. The number of hydrogen-bond donors (Lipinski definition) is 5. The minimum absolute atomic E-state index is 0.369. The molecule has 0 aromatic heterocycles. The van der Waals surface area contributed by atoms with E-state index in [2.05, 4.69) is 43.5 Å². The summed E-state index contributed by atoms with van der Waals surface area (Å²) < 4.78 is 0. The fraction of sp³-hybridized carbons (Fsp3) is 0.911. The predicted molar refractivity (Wildman–Crippen MR) is 270 cm³/mol. The quantitative estimate of drug-likeness (QED) is 0.0309. The third-order valence-corrected chi connectivity index (χ3v) is 13.2. The normalized spacial score (nSPS) is 14.0. The summed E-state index contributed by atoms with van der Waals surface area (Å²) in [5.41, 5.74) is 0. The maximum absolute atomic E-state index is 12.6. The minimum atomic E-state index is -1.26. The fourth-order valence-corrected chi connectivity index (χ4v) is 8.79. The molecule has 0 rings (SSSR count). The Bertz CT molecular complexity index is 939. The van der Waals surface area contributed by atoms with E-state index in [1.54, 1.807) is 0 Å². The number of aliphatic hydroxyl groups is 4. The van der Waals surface area contributed by atoms with E-state index in [-0.39, 0.29) is 0 Å². The van der Waals surface area contributed by atoms with Crippen LogP contribution in [0, 0.1) is 0 Å². The first-order valence-electron chi connectivity index (χ1n) is 27.7. The summed E-state index contributed by atoms with van der Waals surface area (Å²) in [5.74, 6) is -0.581. The van der Waals surface area contributed by atoms with E-state index >= 15 is 0 Å². The summed E-state index contributed by atoms with van der Waals surface area (Å²) >= 11 is 0. The first kappa shape index (κ1) is 60.8. The van der Waals surface area contributed by atoms with Crippen LogP contribution in [-0.2, 0) is 4.79 Å². The third kappa shape index (κ3) is 44.0. The van der Waals surface area contributed by atoms with Crippen LogP contribution in [0.25, 0.3) is 0 Å². The molecule has 0 saturated carbocycles. The first-order chi connectivity index (χ1) is 30.5. The molecule has 0 saturated heterocycles. The Morgan fingerprint density at radius 1 is 0.403 bits per heavy atom. The number of nitrogens with one attached hydrogen (secondary N) is 1. The first-order valence-corrected chi connectivity index (χ1v) is 27.7. The number of carbonyl (C=O) groups excluding carboxylic acids is 1. The number of carbonyl (C=O) groups is 1.